The first-order valence-electron chi connectivity index (χ1n) is 5.90. The molecule has 0 atom stereocenters. The van der Waals surface area contributed by atoms with Gasteiger partial charge in [0.25, 0.3) is 0 Å². The van der Waals surface area contributed by atoms with Crippen molar-refractivity contribution in [1.82, 2.24) is 4.57 Å². The minimum Gasteiger partial charge on any atom is -0.396 e. The standard InChI is InChI=1S/C14H19NO/c1-11(2)10-15-13(7-8-16)9-12-5-3-4-6-14(12)15/h3-6,9,11,16H,7-8,10H2,1-2H3. The number of nitrogens with zero attached hydrogens (tertiary/aromatic N) is 1. The Morgan fingerprint density at radius 2 is 2.00 bits per heavy atom. The summed E-state index contributed by atoms with van der Waals surface area (Å²) in [4.78, 5) is 0. The molecule has 1 aromatic heterocycles. The topological polar surface area (TPSA) is 25.2 Å². The van der Waals surface area contributed by atoms with E-state index in [9.17, 15) is 0 Å². The third-order valence-corrected chi connectivity index (χ3v) is 2.81. The van der Waals surface area contributed by atoms with Crippen molar-refractivity contribution in [3.8, 4) is 0 Å². The van der Waals surface area contributed by atoms with Crippen molar-refractivity contribution in [1.29, 1.82) is 0 Å². The second-order valence-corrected chi connectivity index (χ2v) is 4.67. The van der Waals surface area contributed by atoms with Crippen LogP contribution < -0.4 is 0 Å². The molecule has 0 aliphatic carbocycles. The van der Waals surface area contributed by atoms with Crippen LogP contribution in [0.5, 0.6) is 0 Å². The summed E-state index contributed by atoms with van der Waals surface area (Å²) in [6, 6.07) is 10.6. The zero-order valence-electron chi connectivity index (χ0n) is 9.98. The van der Waals surface area contributed by atoms with E-state index >= 15 is 0 Å². The van der Waals surface area contributed by atoms with Crippen molar-refractivity contribution in [3.63, 3.8) is 0 Å². The molecule has 0 aliphatic heterocycles. The average Bonchev–Trinajstić information content (AvgIpc) is 2.57. The molecular formula is C14H19NO. The van der Waals surface area contributed by atoms with Crippen molar-refractivity contribution in [2.45, 2.75) is 26.8 Å². The maximum atomic E-state index is 9.09. The van der Waals surface area contributed by atoms with Gasteiger partial charge in [-0.1, -0.05) is 32.0 Å². The van der Waals surface area contributed by atoms with E-state index in [1.807, 2.05) is 0 Å². The average molecular weight is 217 g/mol. The quantitative estimate of drug-likeness (QED) is 0.837. The molecule has 2 rings (SSSR count). The summed E-state index contributed by atoms with van der Waals surface area (Å²) in [6.07, 6.45) is 0.738. The molecule has 0 fully saturated rings. The van der Waals surface area contributed by atoms with Gasteiger partial charge in [0.05, 0.1) is 0 Å². The van der Waals surface area contributed by atoms with Gasteiger partial charge in [-0.15, -0.1) is 0 Å². The van der Waals surface area contributed by atoms with E-state index in [0.717, 1.165) is 13.0 Å². The monoisotopic (exact) mass is 217 g/mol. The van der Waals surface area contributed by atoms with Gasteiger partial charge in [-0.2, -0.15) is 0 Å². The number of fused-ring (bicyclic) bond motifs is 1. The molecule has 2 heteroatoms. The van der Waals surface area contributed by atoms with Gasteiger partial charge in [0.2, 0.25) is 0 Å². The number of hydrogen-bond acceptors (Lipinski definition) is 1. The molecule has 0 unspecified atom stereocenters. The van der Waals surface area contributed by atoms with Crippen LogP contribution in [-0.4, -0.2) is 16.3 Å². The fraction of sp³-hybridized carbons (Fsp3) is 0.429. The van der Waals surface area contributed by atoms with E-state index < -0.39 is 0 Å². The van der Waals surface area contributed by atoms with Crippen LogP contribution in [0, 0.1) is 5.92 Å². The van der Waals surface area contributed by atoms with Crippen LogP contribution in [0.1, 0.15) is 19.5 Å². The highest BCUT2D eigenvalue weighted by molar-refractivity contribution is 5.81. The summed E-state index contributed by atoms with van der Waals surface area (Å²) in [6.45, 7) is 5.67. The Labute approximate surface area is 96.5 Å². The van der Waals surface area contributed by atoms with Crippen molar-refractivity contribution in [3.05, 3.63) is 36.0 Å². The predicted molar refractivity (Wildman–Crippen MR) is 67.6 cm³/mol. The van der Waals surface area contributed by atoms with Gasteiger partial charge in [0.15, 0.2) is 0 Å². The molecule has 86 valence electrons. The Hall–Kier alpha value is -1.28. The van der Waals surface area contributed by atoms with Crippen molar-refractivity contribution < 1.29 is 5.11 Å². The summed E-state index contributed by atoms with van der Waals surface area (Å²) in [5.41, 5.74) is 2.51. The van der Waals surface area contributed by atoms with Gasteiger partial charge in [-0.3, -0.25) is 0 Å². The normalized spacial score (nSPS) is 11.5. The van der Waals surface area contributed by atoms with E-state index in [1.54, 1.807) is 0 Å². The van der Waals surface area contributed by atoms with Gasteiger partial charge in [-0.25, -0.2) is 0 Å². The van der Waals surface area contributed by atoms with Gasteiger partial charge < -0.3 is 9.67 Å². The molecule has 0 bridgehead atoms. The fourth-order valence-electron chi connectivity index (χ4n) is 2.17. The number of aliphatic hydroxyl groups is 1. The van der Waals surface area contributed by atoms with Crippen LogP contribution in [0.3, 0.4) is 0 Å². The second-order valence-electron chi connectivity index (χ2n) is 4.67. The van der Waals surface area contributed by atoms with Gasteiger partial charge >= 0.3 is 0 Å². The second kappa shape index (κ2) is 4.71. The lowest BCUT2D eigenvalue weighted by Crippen LogP contribution is -2.08. The minimum absolute atomic E-state index is 0.217. The van der Waals surface area contributed by atoms with Crippen LogP contribution in [0.15, 0.2) is 30.3 Å². The molecule has 2 nitrogen and oxygen atoms in total. The maximum absolute atomic E-state index is 9.09. The van der Waals surface area contributed by atoms with Crippen LogP contribution >= 0.6 is 0 Å². The molecule has 0 saturated heterocycles. The van der Waals surface area contributed by atoms with E-state index in [1.165, 1.54) is 16.6 Å². The molecule has 1 aromatic carbocycles. The number of aliphatic hydroxyl groups excluding tert-OH is 1. The van der Waals surface area contributed by atoms with Crippen LogP contribution in [0.4, 0.5) is 0 Å². The van der Waals surface area contributed by atoms with Crippen LogP contribution in [0.2, 0.25) is 0 Å². The maximum Gasteiger partial charge on any atom is 0.0485 e. The minimum atomic E-state index is 0.217. The highest BCUT2D eigenvalue weighted by Crippen LogP contribution is 2.21. The third kappa shape index (κ3) is 2.12. The predicted octanol–water partition coefficient (Wildman–Crippen LogP) is 2.83. The number of aromatic nitrogens is 1. The SMILES string of the molecule is CC(C)Cn1c(CCO)cc2ccccc21. The van der Waals surface area contributed by atoms with Gasteiger partial charge in [0.1, 0.15) is 0 Å². The van der Waals surface area contributed by atoms with Crippen molar-refractivity contribution in [2.75, 3.05) is 6.61 Å². The zero-order valence-corrected chi connectivity index (χ0v) is 9.98. The first-order chi connectivity index (χ1) is 7.72. The third-order valence-electron chi connectivity index (χ3n) is 2.81. The molecule has 0 radical (unpaired) electrons. The van der Waals surface area contributed by atoms with E-state index in [2.05, 4.69) is 48.7 Å². The molecule has 2 aromatic rings. The van der Waals surface area contributed by atoms with Crippen LogP contribution in [0.25, 0.3) is 10.9 Å². The lowest BCUT2D eigenvalue weighted by atomic mass is 10.2. The molecular weight excluding hydrogens is 198 g/mol. The Kier molecular flexibility index (Phi) is 3.30. The summed E-state index contributed by atoms with van der Waals surface area (Å²) < 4.78 is 2.33. The summed E-state index contributed by atoms with van der Waals surface area (Å²) >= 11 is 0. The molecule has 1 N–H and O–H groups in total. The number of hydrogen-bond donors (Lipinski definition) is 1. The number of benzene rings is 1. The largest absolute Gasteiger partial charge is 0.396 e. The van der Waals surface area contributed by atoms with E-state index in [4.69, 9.17) is 5.11 Å². The van der Waals surface area contributed by atoms with Crippen molar-refractivity contribution in [2.24, 2.45) is 5.92 Å². The van der Waals surface area contributed by atoms with Gasteiger partial charge in [0, 0.05) is 30.8 Å². The highest BCUT2D eigenvalue weighted by Gasteiger charge is 2.08. The number of para-hydroxylation sites is 1. The molecule has 1 heterocycles. The number of rotatable bonds is 4. The Morgan fingerprint density at radius 1 is 1.25 bits per heavy atom. The van der Waals surface area contributed by atoms with Crippen molar-refractivity contribution >= 4 is 10.9 Å². The molecule has 0 saturated carbocycles. The summed E-state index contributed by atoms with van der Waals surface area (Å²) in [5, 5.41) is 10.4. The van der Waals surface area contributed by atoms with Crippen LogP contribution in [-0.2, 0) is 13.0 Å². The highest BCUT2D eigenvalue weighted by atomic mass is 16.3. The lowest BCUT2D eigenvalue weighted by Gasteiger charge is -2.12. The first kappa shape index (κ1) is 11.2. The summed E-state index contributed by atoms with van der Waals surface area (Å²) in [7, 11) is 0. The van der Waals surface area contributed by atoms with E-state index in [0.29, 0.717) is 5.92 Å². The smallest absolute Gasteiger partial charge is 0.0485 e. The first-order valence-corrected chi connectivity index (χ1v) is 5.90. The molecule has 0 spiro atoms. The molecule has 0 aliphatic rings. The van der Waals surface area contributed by atoms with Gasteiger partial charge in [-0.05, 0) is 23.4 Å². The Bertz CT molecular complexity index is 471. The molecule has 0 amide bonds. The summed E-state index contributed by atoms with van der Waals surface area (Å²) in [5.74, 6) is 0.619. The fourth-order valence-corrected chi connectivity index (χ4v) is 2.17. The molecule has 16 heavy (non-hydrogen) atoms. The van der Waals surface area contributed by atoms with E-state index in [-0.39, 0.29) is 6.61 Å². The Balaban J connectivity index is 2.50. The Morgan fingerprint density at radius 3 is 2.69 bits per heavy atom. The lowest BCUT2D eigenvalue weighted by molar-refractivity contribution is 0.295. The zero-order chi connectivity index (χ0) is 11.5.